The predicted octanol–water partition coefficient (Wildman–Crippen LogP) is 2.99. The summed E-state index contributed by atoms with van der Waals surface area (Å²) in [6.45, 7) is 3.36. The number of thiophene rings is 1. The molecule has 0 saturated heterocycles. The normalized spacial score (nSPS) is 13.2. The predicted molar refractivity (Wildman–Crippen MR) is 88.7 cm³/mol. The minimum Gasteiger partial charge on any atom is -0.384 e. The molecule has 1 aromatic heterocycles. The number of rotatable bonds is 5. The lowest BCUT2D eigenvalue weighted by molar-refractivity contribution is -0.384. The van der Waals surface area contributed by atoms with Gasteiger partial charge in [-0.15, -0.1) is 0 Å². The molecular formula is C15H17N3O4S. The van der Waals surface area contributed by atoms with E-state index in [9.17, 15) is 20.0 Å². The van der Waals surface area contributed by atoms with Gasteiger partial charge in [0, 0.05) is 12.1 Å². The Morgan fingerprint density at radius 1 is 1.43 bits per heavy atom. The number of aliphatic hydroxyl groups is 1. The van der Waals surface area contributed by atoms with Crippen LogP contribution < -0.4 is 10.6 Å². The Hall–Kier alpha value is -2.45. The summed E-state index contributed by atoms with van der Waals surface area (Å²) in [6, 6.07) is 5.49. The van der Waals surface area contributed by atoms with E-state index in [2.05, 4.69) is 10.6 Å². The van der Waals surface area contributed by atoms with Crippen molar-refractivity contribution < 1.29 is 14.8 Å². The molecule has 2 aromatic rings. The first-order chi connectivity index (χ1) is 10.8. The number of anilines is 1. The van der Waals surface area contributed by atoms with Crippen LogP contribution in [-0.4, -0.2) is 22.6 Å². The maximum Gasteiger partial charge on any atom is 0.319 e. The molecule has 0 bridgehead atoms. The summed E-state index contributed by atoms with van der Waals surface area (Å²) in [5, 5.41) is 29.9. The van der Waals surface area contributed by atoms with Gasteiger partial charge in [-0.1, -0.05) is 6.07 Å². The van der Waals surface area contributed by atoms with Crippen molar-refractivity contribution in [3.63, 3.8) is 0 Å². The van der Waals surface area contributed by atoms with Crippen molar-refractivity contribution in [2.24, 2.45) is 0 Å². The van der Waals surface area contributed by atoms with Gasteiger partial charge in [-0.2, -0.15) is 11.3 Å². The quantitative estimate of drug-likeness (QED) is 0.577. The summed E-state index contributed by atoms with van der Waals surface area (Å²) in [5.41, 5.74) is 0.488. The fourth-order valence-corrected chi connectivity index (χ4v) is 2.73. The first-order valence-electron chi connectivity index (χ1n) is 6.84. The molecule has 8 heteroatoms. The van der Waals surface area contributed by atoms with Gasteiger partial charge in [-0.05, 0) is 41.8 Å². The smallest absolute Gasteiger partial charge is 0.319 e. The monoisotopic (exact) mass is 335 g/mol. The fraction of sp³-hybridized carbons (Fsp3) is 0.267. The maximum absolute atomic E-state index is 12.0. The number of non-ortho nitro benzene ring substituents is 1. The Balaban J connectivity index is 2.00. The average Bonchev–Trinajstić information content (AvgIpc) is 3.02. The fourth-order valence-electron chi connectivity index (χ4n) is 1.95. The molecule has 2 amide bonds. The molecule has 0 aliphatic heterocycles. The third-order valence-electron chi connectivity index (χ3n) is 3.42. The van der Waals surface area contributed by atoms with Gasteiger partial charge < -0.3 is 15.7 Å². The number of carbonyl (C=O) groups is 1. The molecular weight excluding hydrogens is 318 g/mol. The van der Waals surface area contributed by atoms with E-state index in [-0.39, 0.29) is 12.2 Å². The van der Waals surface area contributed by atoms with E-state index >= 15 is 0 Å². The first-order valence-corrected chi connectivity index (χ1v) is 7.79. The Morgan fingerprint density at radius 3 is 2.78 bits per heavy atom. The van der Waals surface area contributed by atoms with Gasteiger partial charge in [0.25, 0.3) is 5.69 Å². The second-order valence-corrected chi connectivity index (χ2v) is 6.13. The largest absolute Gasteiger partial charge is 0.384 e. The number of nitro groups is 1. The van der Waals surface area contributed by atoms with Crippen molar-refractivity contribution in [2.75, 3.05) is 11.9 Å². The molecule has 1 heterocycles. The minimum atomic E-state index is -1.19. The second-order valence-electron chi connectivity index (χ2n) is 5.35. The summed E-state index contributed by atoms with van der Waals surface area (Å²) in [6.07, 6.45) is 0. The molecule has 3 N–H and O–H groups in total. The zero-order valence-electron chi connectivity index (χ0n) is 12.7. The summed E-state index contributed by atoms with van der Waals surface area (Å²) in [5.74, 6) is 0. The van der Waals surface area contributed by atoms with E-state index in [0.717, 1.165) is 0 Å². The molecule has 1 aromatic carbocycles. The van der Waals surface area contributed by atoms with Gasteiger partial charge in [-0.3, -0.25) is 10.1 Å². The van der Waals surface area contributed by atoms with E-state index in [1.807, 2.05) is 10.8 Å². The van der Waals surface area contributed by atoms with Crippen LogP contribution in [0.4, 0.5) is 16.2 Å². The molecule has 23 heavy (non-hydrogen) atoms. The van der Waals surface area contributed by atoms with Crippen molar-refractivity contribution in [1.29, 1.82) is 0 Å². The first kappa shape index (κ1) is 16.9. The highest BCUT2D eigenvalue weighted by Gasteiger charge is 2.24. The molecule has 1 unspecified atom stereocenters. The van der Waals surface area contributed by atoms with Gasteiger partial charge in [0.05, 0.1) is 17.2 Å². The van der Waals surface area contributed by atoms with Gasteiger partial charge in [0.2, 0.25) is 0 Å². The van der Waals surface area contributed by atoms with Crippen LogP contribution in [0, 0.1) is 17.0 Å². The Labute approximate surface area is 137 Å². The number of urea groups is 1. The highest BCUT2D eigenvalue weighted by atomic mass is 32.1. The van der Waals surface area contributed by atoms with Crippen molar-refractivity contribution in [1.82, 2.24) is 5.32 Å². The molecule has 0 fully saturated rings. The van der Waals surface area contributed by atoms with E-state index in [0.29, 0.717) is 16.8 Å². The van der Waals surface area contributed by atoms with Crippen LogP contribution in [0.3, 0.4) is 0 Å². The Morgan fingerprint density at radius 2 is 2.17 bits per heavy atom. The van der Waals surface area contributed by atoms with Crippen LogP contribution in [0.2, 0.25) is 0 Å². The Kier molecular flexibility index (Phi) is 4.97. The third-order valence-corrected chi connectivity index (χ3v) is 4.10. The third kappa shape index (κ3) is 4.27. The highest BCUT2D eigenvalue weighted by Crippen LogP contribution is 2.23. The standard InChI is InChI=1S/C15H17N3O4S/c1-10-3-4-12(18(21)22)7-13(10)17-14(19)16-9-15(2,20)11-5-6-23-8-11/h3-8,20H,9H2,1-2H3,(H2,16,17,19). The number of amides is 2. The lowest BCUT2D eigenvalue weighted by Crippen LogP contribution is -2.40. The summed E-state index contributed by atoms with van der Waals surface area (Å²) >= 11 is 1.46. The van der Waals surface area contributed by atoms with Crippen LogP contribution in [0.15, 0.2) is 35.0 Å². The molecule has 0 radical (unpaired) electrons. The maximum atomic E-state index is 12.0. The topological polar surface area (TPSA) is 105 Å². The van der Waals surface area contributed by atoms with Crippen LogP contribution >= 0.6 is 11.3 Å². The highest BCUT2D eigenvalue weighted by molar-refractivity contribution is 7.08. The zero-order valence-corrected chi connectivity index (χ0v) is 13.5. The summed E-state index contributed by atoms with van der Waals surface area (Å²) in [4.78, 5) is 22.2. The van der Waals surface area contributed by atoms with Crippen LogP contribution in [0.25, 0.3) is 0 Å². The molecule has 0 spiro atoms. The Bertz CT molecular complexity index is 714. The van der Waals surface area contributed by atoms with Crippen LogP contribution in [0.1, 0.15) is 18.1 Å². The number of nitrogens with one attached hydrogen (secondary N) is 2. The number of nitro benzene ring substituents is 1. The number of benzene rings is 1. The zero-order chi connectivity index (χ0) is 17.0. The number of aryl methyl sites for hydroxylation is 1. The number of hydrogen-bond donors (Lipinski definition) is 3. The molecule has 122 valence electrons. The van der Waals surface area contributed by atoms with Gasteiger partial charge in [-0.25, -0.2) is 4.79 Å². The van der Waals surface area contributed by atoms with Crippen molar-refractivity contribution in [2.45, 2.75) is 19.4 Å². The van der Waals surface area contributed by atoms with Crippen LogP contribution in [0.5, 0.6) is 0 Å². The lowest BCUT2D eigenvalue weighted by Gasteiger charge is -2.23. The number of nitrogens with zero attached hydrogens (tertiary/aromatic N) is 1. The molecule has 7 nitrogen and oxygen atoms in total. The molecule has 0 aliphatic carbocycles. The van der Waals surface area contributed by atoms with Crippen molar-refractivity contribution in [3.8, 4) is 0 Å². The number of hydrogen-bond acceptors (Lipinski definition) is 5. The van der Waals surface area contributed by atoms with Gasteiger partial charge >= 0.3 is 6.03 Å². The van der Waals surface area contributed by atoms with Gasteiger partial charge in [0.1, 0.15) is 5.60 Å². The average molecular weight is 335 g/mol. The van der Waals surface area contributed by atoms with Crippen LogP contribution in [-0.2, 0) is 5.60 Å². The SMILES string of the molecule is Cc1ccc([N+](=O)[O-])cc1NC(=O)NCC(C)(O)c1ccsc1. The molecule has 0 aliphatic rings. The van der Waals surface area contributed by atoms with E-state index < -0.39 is 16.6 Å². The minimum absolute atomic E-state index is 0.0174. The summed E-state index contributed by atoms with van der Waals surface area (Å²) in [7, 11) is 0. The second kappa shape index (κ2) is 6.76. The number of carbonyl (C=O) groups excluding carboxylic acids is 1. The summed E-state index contributed by atoms with van der Waals surface area (Å²) < 4.78 is 0. The van der Waals surface area contributed by atoms with Crippen molar-refractivity contribution in [3.05, 3.63) is 56.3 Å². The van der Waals surface area contributed by atoms with E-state index in [1.165, 1.54) is 23.5 Å². The lowest BCUT2D eigenvalue weighted by atomic mass is 9.99. The molecule has 0 saturated carbocycles. The molecule has 2 rings (SSSR count). The van der Waals surface area contributed by atoms with E-state index in [1.54, 1.807) is 26.0 Å². The van der Waals surface area contributed by atoms with Gasteiger partial charge in [0.15, 0.2) is 0 Å². The van der Waals surface area contributed by atoms with Crippen molar-refractivity contribution >= 4 is 28.7 Å². The molecule has 1 atom stereocenters. The van der Waals surface area contributed by atoms with E-state index in [4.69, 9.17) is 0 Å².